The van der Waals surface area contributed by atoms with Crippen molar-refractivity contribution in [2.75, 3.05) is 12.8 Å². The van der Waals surface area contributed by atoms with Gasteiger partial charge in [-0.1, -0.05) is 19.1 Å². The summed E-state index contributed by atoms with van der Waals surface area (Å²) in [4.78, 5) is 4.68. The lowest BCUT2D eigenvalue weighted by Gasteiger charge is -2.23. The molecule has 0 amide bonds. The summed E-state index contributed by atoms with van der Waals surface area (Å²) in [5, 5.41) is 3.08. The minimum atomic E-state index is -0.295. The Labute approximate surface area is 112 Å². The number of nitrogens with two attached hydrogens (primary N) is 1. The Morgan fingerprint density at radius 2 is 2.00 bits per heavy atom. The Hall–Kier alpha value is -1.39. The monoisotopic (exact) mass is 262 g/mol. The van der Waals surface area contributed by atoms with Crippen molar-refractivity contribution in [3.05, 3.63) is 34.7 Å². The molecule has 0 aliphatic carbocycles. The first-order valence-corrected chi connectivity index (χ1v) is 6.84. The van der Waals surface area contributed by atoms with Crippen molar-refractivity contribution < 1.29 is 4.74 Å². The van der Waals surface area contributed by atoms with Gasteiger partial charge in [0.15, 0.2) is 0 Å². The van der Waals surface area contributed by atoms with Crippen LogP contribution in [0, 0.1) is 0 Å². The molecule has 18 heavy (non-hydrogen) atoms. The smallest absolute Gasteiger partial charge is 0.125 e. The van der Waals surface area contributed by atoms with Crippen LogP contribution in [0.25, 0.3) is 11.3 Å². The molecular formula is C14H18N2OS. The van der Waals surface area contributed by atoms with Crippen LogP contribution < -0.4 is 5.73 Å². The van der Waals surface area contributed by atoms with Gasteiger partial charge in [0.2, 0.25) is 0 Å². The van der Waals surface area contributed by atoms with E-state index in [2.05, 4.69) is 24.2 Å². The lowest BCUT2D eigenvalue weighted by Crippen LogP contribution is -2.22. The summed E-state index contributed by atoms with van der Waals surface area (Å²) in [7, 11) is 1.73. The molecule has 0 spiro atoms. The SMILES string of the molecule is CCC(C)(OC)c1nc(-c2ccc(N)cc2)cs1. The van der Waals surface area contributed by atoms with Gasteiger partial charge in [0.25, 0.3) is 0 Å². The third kappa shape index (κ3) is 2.40. The maximum Gasteiger partial charge on any atom is 0.125 e. The van der Waals surface area contributed by atoms with Crippen molar-refractivity contribution in [3.8, 4) is 11.3 Å². The fraction of sp³-hybridized carbons (Fsp3) is 0.357. The van der Waals surface area contributed by atoms with E-state index >= 15 is 0 Å². The summed E-state index contributed by atoms with van der Waals surface area (Å²) in [5.41, 5.74) is 8.22. The zero-order valence-electron chi connectivity index (χ0n) is 10.9. The van der Waals surface area contributed by atoms with Crippen LogP contribution >= 0.6 is 11.3 Å². The third-order valence-electron chi connectivity index (χ3n) is 3.29. The molecule has 0 aliphatic heterocycles. The zero-order chi connectivity index (χ0) is 13.2. The van der Waals surface area contributed by atoms with E-state index < -0.39 is 0 Å². The summed E-state index contributed by atoms with van der Waals surface area (Å²) in [5.74, 6) is 0. The fourth-order valence-electron chi connectivity index (χ4n) is 1.69. The molecule has 2 rings (SSSR count). The minimum absolute atomic E-state index is 0.295. The molecule has 0 radical (unpaired) electrons. The van der Waals surface area contributed by atoms with Gasteiger partial charge in [-0.15, -0.1) is 11.3 Å². The number of methoxy groups -OCH3 is 1. The predicted octanol–water partition coefficient (Wildman–Crippen LogP) is 3.66. The molecule has 2 aromatic rings. The molecule has 1 heterocycles. The number of aromatic nitrogens is 1. The van der Waals surface area contributed by atoms with E-state index in [1.165, 1.54) is 0 Å². The van der Waals surface area contributed by atoms with Gasteiger partial charge in [-0.3, -0.25) is 0 Å². The van der Waals surface area contributed by atoms with Gasteiger partial charge in [-0.05, 0) is 25.5 Å². The van der Waals surface area contributed by atoms with Gasteiger partial charge in [0.05, 0.1) is 5.69 Å². The van der Waals surface area contributed by atoms with Gasteiger partial charge in [-0.25, -0.2) is 4.98 Å². The normalized spacial score (nSPS) is 14.4. The Balaban J connectivity index is 2.33. The Kier molecular flexibility index (Phi) is 3.68. The number of rotatable bonds is 4. The van der Waals surface area contributed by atoms with Crippen LogP contribution in [0.15, 0.2) is 29.6 Å². The second kappa shape index (κ2) is 5.08. The maximum absolute atomic E-state index is 5.68. The maximum atomic E-state index is 5.68. The van der Waals surface area contributed by atoms with Crippen LogP contribution in [0.2, 0.25) is 0 Å². The van der Waals surface area contributed by atoms with E-state index in [0.717, 1.165) is 28.4 Å². The summed E-state index contributed by atoms with van der Waals surface area (Å²) in [6, 6.07) is 7.77. The standard InChI is InChI=1S/C14H18N2OS/c1-4-14(2,17-3)13-16-12(9-18-13)10-5-7-11(15)8-6-10/h5-9H,4,15H2,1-3H3. The lowest BCUT2D eigenvalue weighted by molar-refractivity contribution is -0.00149. The first kappa shape index (κ1) is 13.1. The zero-order valence-corrected chi connectivity index (χ0v) is 11.8. The van der Waals surface area contributed by atoms with Gasteiger partial charge in [0.1, 0.15) is 10.6 Å². The van der Waals surface area contributed by atoms with E-state index in [-0.39, 0.29) is 5.60 Å². The summed E-state index contributed by atoms with van der Waals surface area (Å²) >= 11 is 1.64. The molecule has 3 nitrogen and oxygen atoms in total. The van der Waals surface area contributed by atoms with E-state index in [1.807, 2.05) is 24.3 Å². The van der Waals surface area contributed by atoms with Crippen molar-refractivity contribution in [2.45, 2.75) is 25.9 Å². The van der Waals surface area contributed by atoms with Gasteiger partial charge >= 0.3 is 0 Å². The molecule has 0 saturated heterocycles. The number of anilines is 1. The predicted molar refractivity (Wildman–Crippen MR) is 76.6 cm³/mol. The van der Waals surface area contributed by atoms with Gasteiger partial charge in [-0.2, -0.15) is 0 Å². The van der Waals surface area contributed by atoms with Crippen LogP contribution in [0.1, 0.15) is 25.3 Å². The summed E-state index contributed by atoms with van der Waals surface area (Å²) in [6.45, 7) is 4.17. The number of nitrogen functional groups attached to an aromatic ring is 1. The number of ether oxygens (including phenoxy) is 1. The fourth-order valence-corrected chi connectivity index (χ4v) is 2.73. The molecule has 96 valence electrons. The lowest BCUT2D eigenvalue weighted by atomic mass is 10.0. The molecule has 0 aliphatic rings. The van der Waals surface area contributed by atoms with E-state index in [1.54, 1.807) is 18.4 Å². The van der Waals surface area contributed by atoms with Crippen molar-refractivity contribution in [2.24, 2.45) is 0 Å². The van der Waals surface area contributed by atoms with Crippen LogP contribution in [-0.2, 0) is 10.3 Å². The molecule has 1 aromatic carbocycles. The molecule has 1 unspecified atom stereocenters. The van der Waals surface area contributed by atoms with Crippen molar-refractivity contribution in [3.63, 3.8) is 0 Å². The number of nitrogens with zero attached hydrogens (tertiary/aromatic N) is 1. The highest BCUT2D eigenvalue weighted by molar-refractivity contribution is 7.10. The highest BCUT2D eigenvalue weighted by Crippen LogP contribution is 2.33. The quantitative estimate of drug-likeness (QED) is 0.855. The van der Waals surface area contributed by atoms with Crippen LogP contribution in [0.4, 0.5) is 5.69 Å². The van der Waals surface area contributed by atoms with Gasteiger partial charge in [0, 0.05) is 23.7 Å². The van der Waals surface area contributed by atoms with E-state index in [9.17, 15) is 0 Å². The molecule has 1 aromatic heterocycles. The number of benzene rings is 1. The van der Waals surface area contributed by atoms with Crippen LogP contribution in [0.5, 0.6) is 0 Å². The van der Waals surface area contributed by atoms with Crippen molar-refractivity contribution in [1.29, 1.82) is 0 Å². The van der Waals surface area contributed by atoms with E-state index in [0.29, 0.717) is 0 Å². The first-order chi connectivity index (χ1) is 8.59. The Bertz CT molecular complexity index is 515. The summed E-state index contributed by atoms with van der Waals surface area (Å²) in [6.07, 6.45) is 0.901. The number of hydrogen-bond donors (Lipinski definition) is 1. The number of thiazole rings is 1. The highest BCUT2D eigenvalue weighted by Gasteiger charge is 2.27. The summed E-state index contributed by atoms with van der Waals surface area (Å²) < 4.78 is 5.57. The number of hydrogen-bond acceptors (Lipinski definition) is 4. The molecule has 2 N–H and O–H groups in total. The van der Waals surface area contributed by atoms with Crippen LogP contribution in [0.3, 0.4) is 0 Å². The second-order valence-electron chi connectivity index (χ2n) is 4.45. The molecule has 4 heteroatoms. The average Bonchev–Trinajstić information content (AvgIpc) is 2.89. The Morgan fingerprint density at radius 1 is 1.33 bits per heavy atom. The van der Waals surface area contributed by atoms with Gasteiger partial charge < -0.3 is 10.5 Å². The van der Waals surface area contributed by atoms with E-state index in [4.69, 9.17) is 10.5 Å². The third-order valence-corrected chi connectivity index (χ3v) is 4.38. The Morgan fingerprint density at radius 3 is 2.56 bits per heavy atom. The molecular weight excluding hydrogens is 244 g/mol. The topological polar surface area (TPSA) is 48.1 Å². The van der Waals surface area contributed by atoms with Crippen LogP contribution in [-0.4, -0.2) is 12.1 Å². The molecule has 0 saturated carbocycles. The molecule has 1 atom stereocenters. The van der Waals surface area contributed by atoms with Crippen molar-refractivity contribution >= 4 is 17.0 Å². The average molecular weight is 262 g/mol. The largest absolute Gasteiger partial charge is 0.399 e. The minimum Gasteiger partial charge on any atom is -0.399 e. The second-order valence-corrected chi connectivity index (χ2v) is 5.31. The highest BCUT2D eigenvalue weighted by atomic mass is 32.1. The molecule has 0 fully saturated rings. The van der Waals surface area contributed by atoms with Crippen molar-refractivity contribution in [1.82, 2.24) is 4.98 Å². The first-order valence-electron chi connectivity index (χ1n) is 5.96. The molecule has 0 bridgehead atoms.